The number of thiazole rings is 1. The Kier molecular flexibility index (Phi) is 4.41. The lowest BCUT2D eigenvalue weighted by Crippen LogP contribution is -2.35. The van der Waals surface area contributed by atoms with Gasteiger partial charge in [-0.3, -0.25) is 0 Å². The molecule has 0 bridgehead atoms. The number of thiophene rings is 1. The zero-order chi connectivity index (χ0) is 12.5. The molecule has 0 amide bonds. The predicted molar refractivity (Wildman–Crippen MR) is 81.7 cm³/mol. The lowest BCUT2D eigenvalue weighted by molar-refractivity contribution is 0.401. The van der Waals surface area contributed by atoms with Crippen LogP contribution in [-0.2, 0) is 12.1 Å². The summed E-state index contributed by atoms with van der Waals surface area (Å²) in [5, 5.41) is 6.66. The third-order valence-corrected chi connectivity index (χ3v) is 6.72. The first kappa shape index (κ1) is 13.7. The van der Waals surface area contributed by atoms with E-state index < -0.39 is 0 Å². The normalized spacial score (nSPS) is 12.0. The van der Waals surface area contributed by atoms with Gasteiger partial charge in [0.2, 0.25) is 0 Å². The summed E-state index contributed by atoms with van der Waals surface area (Å²) in [6.45, 7) is 5.16. The first-order valence-electron chi connectivity index (χ1n) is 5.08. The van der Waals surface area contributed by atoms with Crippen LogP contribution in [0.1, 0.15) is 23.7 Å². The van der Waals surface area contributed by atoms with E-state index in [1.807, 2.05) is 11.6 Å². The minimum absolute atomic E-state index is 0.0862. The molecule has 0 aliphatic carbocycles. The SMILES string of the molecule is CC(C)(NCc1cc(Br)c(Br)s1)c1nccs1. The van der Waals surface area contributed by atoms with Crippen LogP contribution in [0.2, 0.25) is 0 Å². The summed E-state index contributed by atoms with van der Waals surface area (Å²) in [6.07, 6.45) is 1.85. The number of nitrogens with zero attached hydrogens (tertiary/aromatic N) is 1. The van der Waals surface area contributed by atoms with Gasteiger partial charge in [-0.1, -0.05) is 0 Å². The van der Waals surface area contributed by atoms with E-state index in [4.69, 9.17) is 0 Å². The van der Waals surface area contributed by atoms with Crippen molar-refractivity contribution in [3.63, 3.8) is 0 Å². The Morgan fingerprint density at radius 2 is 2.18 bits per heavy atom. The Balaban J connectivity index is 2.02. The molecular weight excluding hydrogens is 384 g/mol. The molecule has 0 aliphatic rings. The van der Waals surface area contributed by atoms with Crippen molar-refractivity contribution in [2.45, 2.75) is 25.9 Å². The molecule has 2 rings (SSSR count). The summed E-state index contributed by atoms with van der Waals surface area (Å²) in [5.41, 5.74) is -0.0862. The molecule has 0 aliphatic heterocycles. The fourth-order valence-electron chi connectivity index (χ4n) is 1.39. The first-order valence-corrected chi connectivity index (χ1v) is 8.36. The molecule has 0 spiro atoms. The van der Waals surface area contributed by atoms with Gasteiger partial charge in [0.1, 0.15) is 5.01 Å². The zero-order valence-electron chi connectivity index (χ0n) is 9.46. The maximum Gasteiger partial charge on any atom is 0.112 e. The fraction of sp³-hybridized carbons (Fsp3) is 0.364. The monoisotopic (exact) mass is 394 g/mol. The van der Waals surface area contributed by atoms with E-state index >= 15 is 0 Å². The highest BCUT2D eigenvalue weighted by Gasteiger charge is 2.22. The summed E-state index contributed by atoms with van der Waals surface area (Å²) >= 11 is 10.4. The Morgan fingerprint density at radius 3 is 2.71 bits per heavy atom. The van der Waals surface area contributed by atoms with Gasteiger partial charge in [0, 0.05) is 27.5 Å². The molecule has 2 nitrogen and oxygen atoms in total. The van der Waals surface area contributed by atoms with Gasteiger partial charge in [-0.15, -0.1) is 22.7 Å². The van der Waals surface area contributed by atoms with Crippen LogP contribution < -0.4 is 5.32 Å². The van der Waals surface area contributed by atoms with Crippen LogP contribution in [0, 0.1) is 0 Å². The maximum atomic E-state index is 4.36. The first-order chi connectivity index (χ1) is 7.99. The number of nitrogens with one attached hydrogen (secondary N) is 1. The van der Waals surface area contributed by atoms with Gasteiger partial charge in [0.25, 0.3) is 0 Å². The van der Waals surface area contributed by atoms with Crippen molar-refractivity contribution in [3.8, 4) is 0 Å². The molecule has 0 atom stereocenters. The van der Waals surface area contributed by atoms with E-state index in [1.54, 1.807) is 22.7 Å². The van der Waals surface area contributed by atoms with Crippen molar-refractivity contribution in [1.82, 2.24) is 10.3 Å². The Morgan fingerprint density at radius 1 is 1.41 bits per heavy atom. The van der Waals surface area contributed by atoms with Gasteiger partial charge in [-0.25, -0.2) is 4.98 Å². The maximum absolute atomic E-state index is 4.36. The summed E-state index contributed by atoms with van der Waals surface area (Å²) in [7, 11) is 0. The van der Waals surface area contributed by atoms with Gasteiger partial charge in [-0.2, -0.15) is 0 Å². The molecule has 2 aromatic rings. The summed E-state index contributed by atoms with van der Waals surface area (Å²) in [5.74, 6) is 0. The van der Waals surface area contributed by atoms with Gasteiger partial charge in [0.15, 0.2) is 0 Å². The minimum Gasteiger partial charge on any atom is -0.301 e. The predicted octanol–water partition coefficient (Wildman–Crippen LogP) is 4.75. The van der Waals surface area contributed by atoms with Crippen LogP contribution in [0.25, 0.3) is 0 Å². The van der Waals surface area contributed by atoms with Gasteiger partial charge >= 0.3 is 0 Å². The number of rotatable bonds is 4. The molecule has 1 N–H and O–H groups in total. The summed E-state index contributed by atoms with van der Waals surface area (Å²) in [6, 6.07) is 2.14. The lowest BCUT2D eigenvalue weighted by Gasteiger charge is -2.23. The lowest BCUT2D eigenvalue weighted by atomic mass is 10.1. The Hall–Kier alpha value is 0.250. The van der Waals surface area contributed by atoms with Crippen LogP contribution in [0.15, 0.2) is 25.9 Å². The number of hydrogen-bond donors (Lipinski definition) is 1. The standard InChI is InChI=1S/C11H12Br2N2S2/c1-11(2,10-14-3-4-16-10)15-6-7-5-8(12)9(13)17-7/h3-5,15H,6H2,1-2H3. The number of halogens is 2. The second-order valence-electron chi connectivity index (χ2n) is 4.15. The van der Waals surface area contributed by atoms with E-state index in [-0.39, 0.29) is 5.54 Å². The Labute approximate surface area is 126 Å². The smallest absolute Gasteiger partial charge is 0.112 e. The highest BCUT2D eigenvalue weighted by Crippen LogP contribution is 2.33. The molecule has 0 unspecified atom stereocenters. The molecule has 0 saturated carbocycles. The molecule has 17 heavy (non-hydrogen) atoms. The van der Waals surface area contributed by atoms with Crippen LogP contribution in [0.5, 0.6) is 0 Å². The molecule has 6 heteroatoms. The quantitative estimate of drug-likeness (QED) is 0.807. The molecule has 0 aromatic carbocycles. The third kappa shape index (κ3) is 3.38. The van der Waals surface area contributed by atoms with Gasteiger partial charge in [0.05, 0.1) is 9.33 Å². The highest BCUT2D eigenvalue weighted by molar-refractivity contribution is 9.13. The van der Waals surface area contributed by atoms with Crippen LogP contribution >= 0.6 is 54.5 Å². The van der Waals surface area contributed by atoms with Crippen LogP contribution in [-0.4, -0.2) is 4.98 Å². The molecule has 2 aromatic heterocycles. The van der Waals surface area contributed by atoms with Crippen LogP contribution in [0.4, 0.5) is 0 Å². The van der Waals surface area contributed by atoms with Crippen molar-refractivity contribution < 1.29 is 0 Å². The fourth-order valence-corrected chi connectivity index (χ4v) is 4.25. The topological polar surface area (TPSA) is 24.9 Å². The molecule has 2 heterocycles. The summed E-state index contributed by atoms with van der Waals surface area (Å²) < 4.78 is 2.26. The van der Waals surface area contributed by atoms with Gasteiger partial charge in [-0.05, 0) is 51.8 Å². The van der Waals surface area contributed by atoms with Crippen molar-refractivity contribution >= 4 is 54.5 Å². The van der Waals surface area contributed by atoms with Gasteiger partial charge < -0.3 is 5.32 Å². The van der Waals surface area contributed by atoms with Crippen molar-refractivity contribution in [1.29, 1.82) is 0 Å². The van der Waals surface area contributed by atoms with E-state index in [9.17, 15) is 0 Å². The molecule has 92 valence electrons. The van der Waals surface area contributed by atoms with Crippen LogP contribution in [0.3, 0.4) is 0 Å². The molecule has 0 saturated heterocycles. The second kappa shape index (κ2) is 5.48. The largest absolute Gasteiger partial charge is 0.301 e. The van der Waals surface area contributed by atoms with E-state index in [2.05, 4.69) is 62.1 Å². The number of hydrogen-bond acceptors (Lipinski definition) is 4. The highest BCUT2D eigenvalue weighted by atomic mass is 79.9. The molecule has 0 fully saturated rings. The summed E-state index contributed by atoms with van der Waals surface area (Å²) in [4.78, 5) is 5.66. The number of aromatic nitrogens is 1. The zero-order valence-corrected chi connectivity index (χ0v) is 14.3. The average Bonchev–Trinajstić information content (AvgIpc) is 2.87. The van der Waals surface area contributed by atoms with Crippen molar-refractivity contribution in [2.24, 2.45) is 0 Å². The van der Waals surface area contributed by atoms with E-state index in [0.29, 0.717) is 0 Å². The van der Waals surface area contributed by atoms with E-state index in [0.717, 1.165) is 19.8 Å². The minimum atomic E-state index is -0.0862. The molecular formula is C11H12Br2N2S2. The second-order valence-corrected chi connectivity index (χ2v) is 8.35. The average molecular weight is 396 g/mol. The third-order valence-electron chi connectivity index (χ3n) is 2.37. The van der Waals surface area contributed by atoms with Crippen molar-refractivity contribution in [3.05, 3.63) is 35.8 Å². The Bertz CT molecular complexity index is 472. The van der Waals surface area contributed by atoms with E-state index in [1.165, 1.54) is 4.88 Å². The molecule has 0 radical (unpaired) electrons. The van der Waals surface area contributed by atoms with Crippen molar-refractivity contribution in [2.75, 3.05) is 0 Å².